The van der Waals surface area contributed by atoms with Crippen LogP contribution >= 0.6 is 0 Å². The molecule has 0 unspecified atom stereocenters. The first-order valence-corrected chi connectivity index (χ1v) is 13.0. The Hall–Kier alpha value is -5.24. The molecule has 0 radical (unpaired) electrons. The number of nitrogens with one attached hydrogen (secondary N) is 1. The van der Waals surface area contributed by atoms with Gasteiger partial charge in [-0.1, -0.05) is 62.4 Å². The zero-order chi connectivity index (χ0) is 29.2. The van der Waals surface area contributed by atoms with Crippen LogP contribution in [0.15, 0.2) is 102 Å². The van der Waals surface area contributed by atoms with E-state index in [1.807, 2.05) is 25.1 Å². The van der Waals surface area contributed by atoms with E-state index in [4.69, 9.17) is 14.2 Å². The van der Waals surface area contributed by atoms with Crippen molar-refractivity contribution in [1.82, 2.24) is 5.43 Å². The van der Waals surface area contributed by atoms with E-state index >= 15 is 0 Å². The Labute approximate surface area is 238 Å². The Morgan fingerprint density at radius 1 is 0.780 bits per heavy atom. The summed E-state index contributed by atoms with van der Waals surface area (Å²) >= 11 is 0. The van der Waals surface area contributed by atoms with Gasteiger partial charge in [0.05, 0.1) is 17.3 Å². The summed E-state index contributed by atoms with van der Waals surface area (Å²) in [5, 5.41) is 4.00. The molecule has 8 nitrogen and oxygen atoms in total. The van der Waals surface area contributed by atoms with E-state index in [9.17, 15) is 14.4 Å². The summed E-state index contributed by atoms with van der Waals surface area (Å²) in [7, 11) is 0. The molecule has 208 valence electrons. The van der Waals surface area contributed by atoms with Gasteiger partial charge in [0, 0.05) is 11.6 Å². The van der Waals surface area contributed by atoms with Gasteiger partial charge in [0.25, 0.3) is 5.91 Å². The van der Waals surface area contributed by atoms with E-state index in [0.29, 0.717) is 28.4 Å². The molecule has 0 heterocycles. The van der Waals surface area contributed by atoms with Gasteiger partial charge in [-0.15, -0.1) is 0 Å². The molecule has 1 amide bonds. The summed E-state index contributed by atoms with van der Waals surface area (Å²) in [4.78, 5) is 37.7. The first-order chi connectivity index (χ1) is 19.8. The first kappa shape index (κ1) is 28.8. The fraction of sp³-hybridized carbons (Fsp3) is 0.152. The summed E-state index contributed by atoms with van der Waals surface area (Å²) in [5.74, 6) is -0.416. The summed E-state index contributed by atoms with van der Waals surface area (Å²) in [6.07, 6.45) is 1.33. The second-order valence-electron chi connectivity index (χ2n) is 9.47. The molecule has 0 aliphatic rings. The lowest BCUT2D eigenvalue weighted by Crippen LogP contribution is -2.24. The maximum absolute atomic E-state index is 12.8. The van der Waals surface area contributed by atoms with Crippen molar-refractivity contribution in [1.29, 1.82) is 0 Å². The molecule has 4 aromatic rings. The number of benzene rings is 4. The van der Waals surface area contributed by atoms with Crippen molar-refractivity contribution in [2.24, 2.45) is 5.10 Å². The van der Waals surface area contributed by atoms with Crippen molar-refractivity contribution in [3.63, 3.8) is 0 Å². The predicted molar refractivity (Wildman–Crippen MR) is 156 cm³/mol. The van der Waals surface area contributed by atoms with Gasteiger partial charge in [0.1, 0.15) is 17.2 Å². The molecule has 41 heavy (non-hydrogen) atoms. The van der Waals surface area contributed by atoms with E-state index < -0.39 is 17.8 Å². The third kappa shape index (κ3) is 8.12. The topological polar surface area (TPSA) is 103 Å². The Balaban J connectivity index is 1.46. The van der Waals surface area contributed by atoms with Gasteiger partial charge in [-0.05, 0) is 66.4 Å². The molecule has 0 spiro atoms. The SMILES string of the molecule is Cc1ccc(C(C)C)cc1OCC(=O)N/N=C\c1ccc(OC(=O)c2ccccc2)cc1OC(=O)c1ccccc1. The van der Waals surface area contributed by atoms with Crippen molar-refractivity contribution >= 4 is 24.1 Å². The standard InChI is InChI=1S/C33H30N2O6/c1-22(2)26-15-14-23(3)29(18-26)39-21-31(36)35-34-20-27-16-17-28(40-32(37)24-10-6-4-7-11-24)19-30(27)41-33(38)25-12-8-5-9-13-25/h4-20,22H,21H2,1-3H3,(H,35,36)/b34-20-. The normalized spacial score (nSPS) is 10.8. The van der Waals surface area contributed by atoms with Gasteiger partial charge < -0.3 is 14.2 Å². The Kier molecular flexibility index (Phi) is 9.62. The van der Waals surface area contributed by atoms with Gasteiger partial charge in [-0.3, -0.25) is 4.79 Å². The molecule has 0 aliphatic heterocycles. The summed E-state index contributed by atoms with van der Waals surface area (Å²) < 4.78 is 16.8. The van der Waals surface area contributed by atoms with Crippen molar-refractivity contribution in [3.8, 4) is 17.2 Å². The monoisotopic (exact) mass is 550 g/mol. The van der Waals surface area contributed by atoms with Crippen molar-refractivity contribution in [2.75, 3.05) is 6.61 Å². The number of rotatable bonds is 10. The zero-order valence-corrected chi connectivity index (χ0v) is 23.0. The van der Waals surface area contributed by atoms with Crippen molar-refractivity contribution in [3.05, 3.63) is 125 Å². The van der Waals surface area contributed by atoms with Crippen LogP contribution in [-0.2, 0) is 4.79 Å². The summed E-state index contributed by atoms with van der Waals surface area (Å²) in [6.45, 7) is 5.85. The van der Waals surface area contributed by atoms with E-state index in [1.165, 1.54) is 18.3 Å². The highest BCUT2D eigenvalue weighted by molar-refractivity contribution is 5.94. The van der Waals surface area contributed by atoms with Crippen LogP contribution < -0.4 is 19.6 Å². The van der Waals surface area contributed by atoms with Crippen LogP contribution in [0.1, 0.15) is 57.2 Å². The molecule has 0 fully saturated rings. The molecule has 1 N–H and O–H groups in total. The lowest BCUT2D eigenvalue weighted by atomic mass is 10.0. The molecule has 0 bridgehead atoms. The molecule has 4 aromatic carbocycles. The average Bonchev–Trinajstić information content (AvgIpc) is 2.98. The maximum atomic E-state index is 12.8. The van der Waals surface area contributed by atoms with Crippen molar-refractivity contribution in [2.45, 2.75) is 26.7 Å². The number of hydrogen-bond donors (Lipinski definition) is 1. The van der Waals surface area contributed by atoms with Gasteiger partial charge in [0.2, 0.25) is 0 Å². The first-order valence-electron chi connectivity index (χ1n) is 13.0. The highest BCUT2D eigenvalue weighted by Crippen LogP contribution is 2.26. The quantitative estimate of drug-likeness (QED) is 0.111. The minimum absolute atomic E-state index is 0.0904. The second-order valence-corrected chi connectivity index (χ2v) is 9.47. The largest absolute Gasteiger partial charge is 0.483 e. The highest BCUT2D eigenvalue weighted by Gasteiger charge is 2.15. The van der Waals surface area contributed by atoms with Crippen LogP contribution in [0.25, 0.3) is 0 Å². The molecule has 8 heteroatoms. The third-order valence-electron chi connectivity index (χ3n) is 6.05. The number of aryl methyl sites for hydroxylation is 1. The number of amides is 1. The van der Waals surface area contributed by atoms with Crippen LogP contribution in [0, 0.1) is 6.92 Å². The molecule has 4 rings (SSSR count). The number of carbonyl (C=O) groups is 3. The number of hydrazone groups is 1. The third-order valence-corrected chi connectivity index (χ3v) is 6.05. The number of ether oxygens (including phenoxy) is 3. The lowest BCUT2D eigenvalue weighted by molar-refractivity contribution is -0.123. The Morgan fingerprint density at radius 3 is 2.05 bits per heavy atom. The lowest BCUT2D eigenvalue weighted by Gasteiger charge is -2.12. The minimum Gasteiger partial charge on any atom is -0.483 e. The number of esters is 2. The van der Waals surface area contributed by atoms with E-state index in [1.54, 1.807) is 66.7 Å². The second kappa shape index (κ2) is 13.7. The van der Waals surface area contributed by atoms with E-state index in [-0.39, 0.29) is 18.1 Å². The van der Waals surface area contributed by atoms with Gasteiger partial charge in [-0.25, -0.2) is 15.0 Å². The van der Waals surface area contributed by atoms with Crippen LogP contribution in [0.2, 0.25) is 0 Å². The van der Waals surface area contributed by atoms with Crippen LogP contribution in [0.3, 0.4) is 0 Å². The van der Waals surface area contributed by atoms with Gasteiger partial charge in [0.15, 0.2) is 6.61 Å². The fourth-order valence-corrected chi connectivity index (χ4v) is 3.73. The minimum atomic E-state index is -0.608. The Bertz CT molecular complexity index is 1550. The molecule has 0 saturated heterocycles. The maximum Gasteiger partial charge on any atom is 0.343 e. The molecular formula is C33H30N2O6. The van der Waals surface area contributed by atoms with Gasteiger partial charge >= 0.3 is 11.9 Å². The molecule has 0 aliphatic carbocycles. The molecule has 0 atom stereocenters. The van der Waals surface area contributed by atoms with Crippen molar-refractivity contribution < 1.29 is 28.6 Å². The fourth-order valence-electron chi connectivity index (χ4n) is 3.73. The number of nitrogens with zero attached hydrogens (tertiary/aromatic N) is 1. The van der Waals surface area contributed by atoms with Crippen LogP contribution in [0.5, 0.6) is 17.2 Å². The zero-order valence-electron chi connectivity index (χ0n) is 23.0. The smallest absolute Gasteiger partial charge is 0.343 e. The highest BCUT2D eigenvalue weighted by atomic mass is 16.5. The summed E-state index contributed by atoms with van der Waals surface area (Å²) in [6, 6.07) is 27.4. The molecule has 0 saturated carbocycles. The molecule has 0 aromatic heterocycles. The average molecular weight is 551 g/mol. The van der Waals surface area contributed by atoms with E-state index in [2.05, 4.69) is 24.4 Å². The van der Waals surface area contributed by atoms with Gasteiger partial charge in [-0.2, -0.15) is 5.10 Å². The molecular weight excluding hydrogens is 520 g/mol. The number of hydrogen-bond acceptors (Lipinski definition) is 7. The van der Waals surface area contributed by atoms with E-state index in [0.717, 1.165) is 11.1 Å². The summed E-state index contributed by atoms with van der Waals surface area (Å²) in [5.41, 5.74) is 5.53. The predicted octanol–water partition coefficient (Wildman–Crippen LogP) is 6.09. The van der Waals surface area contributed by atoms with Crippen LogP contribution in [0.4, 0.5) is 0 Å². The van der Waals surface area contributed by atoms with Crippen LogP contribution in [-0.4, -0.2) is 30.7 Å². The Morgan fingerprint density at radius 2 is 1.41 bits per heavy atom. The number of carbonyl (C=O) groups excluding carboxylic acids is 3.